The van der Waals surface area contributed by atoms with Crippen molar-refractivity contribution in [2.75, 3.05) is 32.7 Å². The second-order valence-electron chi connectivity index (χ2n) is 6.29. The topological polar surface area (TPSA) is 98.8 Å². The molecule has 0 atom stereocenters. The molecule has 1 fully saturated rings. The van der Waals surface area contributed by atoms with Crippen LogP contribution >= 0.6 is 0 Å². The molecule has 0 bridgehead atoms. The number of benzene rings is 1. The lowest BCUT2D eigenvalue weighted by molar-refractivity contribution is -0.121. The number of hydrogen-bond acceptors (Lipinski definition) is 5. The van der Waals surface area contributed by atoms with E-state index in [2.05, 4.69) is 10.6 Å². The number of nitrogens with zero attached hydrogens (tertiary/aromatic N) is 2. The highest BCUT2D eigenvalue weighted by molar-refractivity contribution is 7.89. The van der Waals surface area contributed by atoms with Crippen molar-refractivity contribution in [3.8, 4) is 0 Å². The maximum atomic E-state index is 13.8. The average Bonchev–Trinajstić information content (AvgIpc) is 2.54. The smallest absolute Gasteiger partial charge is 0.321 e. The van der Waals surface area contributed by atoms with Crippen LogP contribution < -0.4 is 10.6 Å². The Morgan fingerprint density at radius 1 is 1.15 bits per heavy atom. The average molecular weight is 386 g/mol. The van der Waals surface area contributed by atoms with E-state index in [0.29, 0.717) is 13.1 Å². The molecule has 2 rings (SSSR count). The highest BCUT2D eigenvalue weighted by Gasteiger charge is 2.30. The van der Waals surface area contributed by atoms with Gasteiger partial charge in [0, 0.05) is 32.2 Å². The Labute approximate surface area is 152 Å². The maximum absolute atomic E-state index is 13.8. The first-order chi connectivity index (χ1) is 12.2. The molecular weight excluding hydrogens is 363 g/mol. The lowest BCUT2D eigenvalue weighted by Gasteiger charge is -2.33. The molecule has 144 valence electrons. The Bertz CT molecular complexity index is 761. The molecule has 0 unspecified atom stereocenters. The highest BCUT2D eigenvalue weighted by Crippen LogP contribution is 2.20. The van der Waals surface area contributed by atoms with Gasteiger partial charge in [0.25, 0.3) is 0 Å². The maximum Gasteiger partial charge on any atom is 0.321 e. The van der Waals surface area contributed by atoms with Crippen LogP contribution in [-0.4, -0.2) is 68.3 Å². The second kappa shape index (κ2) is 8.56. The fourth-order valence-electron chi connectivity index (χ4n) is 2.59. The summed E-state index contributed by atoms with van der Waals surface area (Å²) in [6.45, 7) is 4.45. The van der Waals surface area contributed by atoms with E-state index in [1.807, 2.05) is 0 Å². The van der Waals surface area contributed by atoms with E-state index in [1.165, 1.54) is 22.5 Å². The number of hydrogen-bond donors (Lipinski definition) is 2. The summed E-state index contributed by atoms with van der Waals surface area (Å²) in [5.74, 6) is -1.25. The van der Waals surface area contributed by atoms with Gasteiger partial charge in [-0.1, -0.05) is 12.1 Å². The van der Waals surface area contributed by atoms with Gasteiger partial charge in [0.05, 0.1) is 6.54 Å². The SMILES string of the molecule is CC(C)NC(=O)NC(=O)CN1CCN(S(=O)(=O)c2ccccc2F)CC1. The first-order valence-electron chi connectivity index (χ1n) is 8.27. The summed E-state index contributed by atoms with van der Waals surface area (Å²) in [5, 5.41) is 4.77. The van der Waals surface area contributed by atoms with Crippen LogP contribution in [0.2, 0.25) is 0 Å². The largest absolute Gasteiger partial charge is 0.336 e. The summed E-state index contributed by atoms with van der Waals surface area (Å²) >= 11 is 0. The van der Waals surface area contributed by atoms with E-state index in [-0.39, 0.29) is 30.6 Å². The van der Waals surface area contributed by atoms with E-state index in [0.717, 1.165) is 6.07 Å². The number of carbonyl (C=O) groups is 2. The van der Waals surface area contributed by atoms with E-state index in [1.54, 1.807) is 18.7 Å². The number of piperazine rings is 1. The van der Waals surface area contributed by atoms with Crippen molar-refractivity contribution in [1.29, 1.82) is 0 Å². The van der Waals surface area contributed by atoms with E-state index in [4.69, 9.17) is 0 Å². The van der Waals surface area contributed by atoms with Crippen LogP contribution in [0.5, 0.6) is 0 Å². The van der Waals surface area contributed by atoms with Crippen molar-refractivity contribution in [3.63, 3.8) is 0 Å². The van der Waals surface area contributed by atoms with Crippen molar-refractivity contribution in [3.05, 3.63) is 30.1 Å². The second-order valence-corrected chi connectivity index (χ2v) is 8.19. The molecule has 26 heavy (non-hydrogen) atoms. The van der Waals surface area contributed by atoms with Gasteiger partial charge in [-0.25, -0.2) is 17.6 Å². The monoisotopic (exact) mass is 386 g/mol. The molecule has 0 spiro atoms. The van der Waals surface area contributed by atoms with Crippen LogP contribution in [0.4, 0.5) is 9.18 Å². The first-order valence-corrected chi connectivity index (χ1v) is 9.71. The molecule has 10 heteroatoms. The van der Waals surface area contributed by atoms with Crippen molar-refractivity contribution in [1.82, 2.24) is 19.8 Å². The molecule has 1 heterocycles. The summed E-state index contributed by atoms with van der Waals surface area (Å²) in [5.41, 5.74) is 0. The summed E-state index contributed by atoms with van der Waals surface area (Å²) in [6.07, 6.45) is 0. The Kier molecular flexibility index (Phi) is 6.68. The van der Waals surface area contributed by atoms with Gasteiger partial charge >= 0.3 is 6.03 Å². The van der Waals surface area contributed by atoms with E-state index >= 15 is 0 Å². The molecule has 1 saturated heterocycles. The normalized spacial score (nSPS) is 16.5. The van der Waals surface area contributed by atoms with Gasteiger partial charge in [-0.2, -0.15) is 4.31 Å². The number of rotatable bonds is 5. The van der Waals surface area contributed by atoms with E-state index < -0.39 is 27.8 Å². The minimum atomic E-state index is -3.91. The molecule has 0 aromatic heterocycles. The van der Waals surface area contributed by atoms with Gasteiger partial charge in [-0.3, -0.25) is 15.0 Å². The zero-order valence-electron chi connectivity index (χ0n) is 14.7. The molecule has 1 aliphatic rings. The summed E-state index contributed by atoms with van der Waals surface area (Å²) < 4.78 is 40.0. The molecule has 0 radical (unpaired) electrons. The number of sulfonamides is 1. The Morgan fingerprint density at radius 3 is 2.35 bits per heavy atom. The molecule has 1 aliphatic heterocycles. The zero-order chi connectivity index (χ0) is 19.3. The first kappa shape index (κ1) is 20.3. The summed E-state index contributed by atoms with van der Waals surface area (Å²) in [7, 11) is -3.91. The number of imide groups is 1. The number of nitrogens with one attached hydrogen (secondary N) is 2. The third-order valence-electron chi connectivity index (χ3n) is 3.83. The van der Waals surface area contributed by atoms with E-state index in [9.17, 15) is 22.4 Å². The van der Waals surface area contributed by atoms with Gasteiger partial charge in [-0.15, -0.1) is 0 Å². The third kappa shape index (κ3) is 5.23. The molecule has 0 saturated carbocycles. The van der Waals surface area contributed by atoms with Crippen LogP contribution in [-0.2, 0) is 14.8 Å². The molecule has 2 N–H and O–H groups in total. The number of carbonyl (C=O) groups excluding carboxylic acids is 2. The molecule has 3 amide bonds. The van der Waals surface area contributed by atoms with Crippen LogP contribution in [0.3, 0.4) is 0 Å². The van der Waals surface area contributed by atoms with Crippen LogP contribution in [0.25, 0.3) is 0 Å². The Hall–Kier alpha value is -2.04. The van der Waals surface area contributed by atoms with Gasteiger partial charge < -0.3 is 5.32 Å². The van der Waals surface area contributed by atoms with Crippen molar-refractivity contribution in [2.24, 2.45) is 0 Å². The predicted molar refractivity (Wildman–Crippen MR) is 93.4 cm³/mol. The Morgan fingerprint density at radius 2 is 1.77 bits per heavy atom. The van der Waals surface area contributed by atoms with Crippen molar-refractivity contribution in [2.45, 2.75) is 24.8 Å². The minimum Gasteiger partial charge on any atom is -0.336 e. The van der Waals surface area contributed by atoms with Gasteiger partial charge in [-0.05, 0) is 26.0 Å². The molecular formula is C16H23FN4O4S. The van der Waals surface area contributed by atoms with Crippen LogP contribution in [0.15, 0.2) is 29.2 Å². The van der Waals surface area contributed by atoms with Crippen LogP contribution in [0.1, 0.15) is 13.8 Å². The molecule has 8 nitrogen and oxygen atoms in total. The minimum absolute atomic E-state index is 0.0148. The number of halogens is 1. The summed E-state index contributed by atoms with van der Waals surface area (Å²) in [6, 6.07) is 4.59. The Balaban J connectivity index is 1.88. The van der Waals surface area contributed by atoms with Crippen LogP contribution in [0, 0.1) is 5.82 Å². The molecule has 1 aromatic carbocycles. The van der Waals surface area contributed by atoms with Crippen molar-refractivity contribution < 1.29 is 22.4 Å². The standard InChI is InChI=1S/C16H23FN4O4S/c1-12(2)18-16(23)19-15(22)11-20-7-9-21(10-8-20)26(24,25)14-6-4-3-5-13(14)17/h3-6,12H,7-11H2,1-2H3,(H2,18,19,22,23). The van der Waals surface area contributed by atoms with Gasteiger partial charge in [0.15, 0.2) is 0 Å². The fourth-order valence-corrected chi connectivity index (χ4v) is 4.08. The fraction of sp³-hybridized carbons (Fsp3) is 0.500. The highest BCUT2D eigenvalue weighted by atomic mass is 32.2. The summed E-state index contributed by atoms with van der Waals surface area (Å²) in [4.78, 5) is 24.7. The van der Waals surface area contributed by atoms with Gasteiger partial charge in [0.1, 0.15) is 10.7 Å². The molecule has 0 aliphatic carbocycles. The number of urea groups is 1. The lowest BCUT2D eigenvalue weighted by Crippen LogP contribution is -2.52. The predicted octanol–water partition coefficient (Wildman–Crippen LogP) is 0.366. The molecule has 1 aromatic rings. The van der Waals surface area contributed by atoms with Crippen molar-refractivity contribution >= 4 is 22.0 Å². The third-order valence-corrected chi connectivity index (χ3v) is 5.76. The zero-order valence-corrected chi connectivity index (χ0v) is 15.6. The van der Waals surface area contributed by atoms with Gasteiger partial charge in [0.2, 0.25) is 15.9 Å². The quantitative estimate of drug-likeness (QED) is 0.762. The number of amides is 3. The lowest BCUT2D eigenvalue weighted by atomic mass is 10.3.